The van der Waals surface area contributed by atoms with Gasteiger partial charge in [0.15, 0.2) is 0 Å². The van der Waals surface area contributed by atoms with Crippen molar-refractivity contribution in [2.75, 3.05) is 19.6 Å². The first kappa shape index (κ1) is 19.9. The molecular formula is C22H32N2O3S. The molecule has 0 aromatic heterocycles. The number of piperidine rings is 1. The fraction of sp³-hybridized carbons (Fsp3) is 0.682. The van der Waals surface area contributed by atoms with E-state index in [0.717, 1.165) is 43.8 Å². The third kappa shape index (κ3) is 5.35. The highest BCUT2D eigenvalue weighted by Gasteiger charge is 2.39. The van der Waals surface area contributed by atoms with Crippen LogP contribution >= 0.6 is 0 Å². The number of nitrogens with one attached hydrogen (secondary N) is 1. The van der Waals surface area contributed by atoms with Crippen molar-refractivity contribution in [2.24, 2.45) is 11.8 Å². The average molecular weight is 405 g/mol. The van der Waals surface area contributed by atoms with Gasteiger partial charge in [-0.05, 0) is 87.9 Å². The predicted octanol–water partition coefficient (Wildman–Crippen LogP) is 3.28. The normalized spacial score (nSPS) is 26.1. The molecule has 3 aliphatic rings. The largest absolute Gasteiger partial charge is 0.303 e. The van der Waals surface area contributed by atoms with Crippen LogP contribution in [0, 0.1) is 11.8 Å². The van der Waals surface area contributed by atoms with E-state index in [2.05, 4.69) is 40.0 Å². The van der Waals surface area contributed by atoms with Crippen LogP contribution in [0.5, 0.6) is 0 Å². The molecule has 2 atom stereocenters. The molecule has 0 bridgehead atoms. The number of carbonyl (C=O) groups excluding carboxylic acids is 1. The molecule has 1 N–H and O–H groups in total. The van der Waals surface area contributed by atoms with Crippen molar-refractivity contribution in [3.63, 3.8) is 0 Å². The molecule has 1 aliphatic heterocycles. The molecule has 2 aliphatic carbocycles. The molecule has 4 rings (SSSR count). The summed E-state index contributed by atoms with van der Waals surface area (Å²) in [6.07, 6.45) is 7.61. The Morgan fingerprint density at radius 1 is 1.07 bits per heavy atom. The Hall–Kier alpha value is -1.40. The third-order valence-electron chi connectivity index (χ3n) is 6.59. The van der Waals surface area contributed by atoms with E-state index in [1.807, 2.05) is 0 Å². The standard InChI is InChI=1S/C22H32N2O3S/c25-22(23-28(26,27)20-8-9-20)7-4-12-24-13-10-17(11-14-24)15-19-16-21(19)18-5-2-1-3-6-18/h1-3,5-6,17,19-21H,4,7-16H2,(H,23,25)/t19-,21+/m1/s1. The van der Waals surface area contributed by atoms with E-state index in [0.29, 0.717) is 19.3 Å². The number of hydrogen-bond acceptors (Lipinski definition) is 4. The van der Waals surface area contributed by atoms with Crippen LogP contribution in [0.2, 0.25) is 0 Å². The lowest BCUT2D eigenvalue weighted by molar-refractivity contribution is -0.119. The van der Waals surface area contributed by atoms with Crippen molar-refractivity contribution in [1.82, 2.24) is 9.62 Å². The van der Waals surface area contributed by atoms with E-state index in [1.54, 1.807) is 0 Å². The molecule has 0 radical (unpaired) electrons. The topological polar surface area (TPSA) is 66.5 Å². The summed E-state index contributed by atoms with van der Waals surface area (Å²) in [5, 5.41) is -0.330. The molecule has 1 saturated heterocycles. The first-order valence-electron chi connectivity index (χ1n) is 10.8. The van der Waals surface area contributed by atoms with Gasteiger partial charge in [0.25, 0.3) is 0 Å². The molecular weight excluding hydrogens is 372 g/mol. The van der Waals surface area contributed by atoms with Crippen molar-refractivity contribution in [2.45, 2.75) is 62.5 Å². The second-order valence-electron chi connectivity index (χ2n) is 8.91. The molecule has 1 aromatic carbocycles. The minimum atomic E-state index is -3.39. The number of hydrogen-bond donors (Lipinski definition) is 1. The first-order valence-corrected chi connectivity index (χ1v) is 12.4. The third-order valence-corrected chi connectivity index (χ3v) is 8.45. The lowest BCUT2D eigenvalue weighted by Gasteiger charge is -2.32. The molecule has 154 valence electrons. The first-order chi connectivity index (χ1) is 13.5. The van der Waals surface area contributed by atoms with Gasteiger partial charge in [-0.15, -0.1) is 0 Å². The second kappa shape index (κ2) is 8.54. The van der Waals surface area contributed by atoms with Crippen LogP contribution < -0.4 is 4.72 Å². The minimum Gasteiger partial charge on any atom is -0.303 e. The average Bonchev–Trinajstić information content (AvgIpc) is 3.58. The van der Waals surface area contributed by atoms with Crippen LogP contribution in [0.25, 0.3) is 0 Å². The van der Waals surface area contributed by atoms with Gasteiger partial charge in [-0.25, -0.2) is 8.42 Å². The summed E-state index contributed by atoms with van der Waals surface area (Å²) < 4.78 is 25.8. The van der Waals surface area contributed by atoms with Gasteiger partial charge >= 0.3 is 0 Å². The maximum Gasteiger partial charge on any atom is 0.237 e. The summed E-state index contributed by atoms with van der Waals surface area (Å²) >= 11 is 0. The van der Waals surface area contributed by atoms with Gasteiger partial charge in [0.2, 0.25) is 15.9 Å². The Morgan fingerprint density at radius 3 is 2.46 bits per heavy atom. The second-order valence-corrected chi connectivity index (χ2v) is 10.9. The molecule has 0 unspecified atom stereocenters. The Balaban J connectivity index is 1.09. The maximum atomic E-state index is 11.9. The van der Waals surface area contributed by atoms with E-state index in [4.69, 9.17) is 0 Å². The molecule has 5 nitrogen and oxygen atoms in total. The van der Waals surface area contributed by atoms with Gasteiger partial charge < -0.3 is 4.90 Å². The van der Waals surface area contributed by atoms with Crippen molar-refractivity contribution >= 4 is 15.9 Å². The monoisotopic (exact) mass is 404 g/mol. The number of benzene rings is 1. The highest BCUT2D eigenvalue weighted by atomic mass is 32.2. The van der Waals surface area contributed by atoms with Gasteiger partial charge in [-0.1, -0.05) is 30.3 Å². The summed E-state index contributed by atoms with van der Waals surface area (Å²) in [6.45, 7) is 3.10. The number of sulfonamides is 1. The SMILES string of the molecule is O=C(CCCN1CCC(C[C@@H]2C[C@H]2c2ccccc2)CC1)NS(=O)(=O)C1CC1. The summed E-state index contributed by atoms with van der Waals surface area (Å²) in [5.74, 6) is 2.14. The lowest BCUT2D eigenvalue weighted by Crippen LogP contribution is -2.36. The highest BCUT2D eigenvalue weighted by Crippen LogP contribution is 2.51. The van der Waals surface area contributed by atoms with Crippen LogP contribution in [0.4, 0.5) is 0 Å². The van der Waals surface area contributed by atoms with Gasteiger partial charge in [0, 0.05) is 6.42 Å². The van der Waals surface area contributed by atoms with Crippen LogP contribution in [0.3, 0.4) is 0 Å². The van der Waals surface area contributed by atoms with E-state index in [1.165, 1.54) is 31.2 Å². The summed E-state index contributed by atoms with van der Waals surface area (Å²) in [7, 11) is -3.39. The molecule has 1 heterocycles. The van der Waals surface area contributed by atoms with E-state index in [9.17, 15) is 13.2 Å². The Kier molecular flexibility index (Phi) is 6.07. The highest BCUT2D eigenvalue weighted by molar-refractivity contribution is 7.90. The van der Waals surface area contributed by atoms with Crippen LogP contribution in [-0.4, -0.2) is 44.1 Å². The zero-order valence-electron chi connectivity index (χ0n) is 16.6. The maximum absolute atomic E-state index is 11.9. The number of nitrogens with zero attached hydrogens (tertiary/aromatic N) is 1. The number of carbonyl (C=O) groups is 1. The number of likely N-dealkylation sites (tertiary alicyclic amines) is 1. The fourth-order valence-electron chi connectivity index (χ4n) is 4.63. The van der Waals surface area contributed by atoms with Crippen LogP contribution in [-0.2, 0) is 14.8 Å². The van der Waals surface area contributed by atoms with Crippen LogP contribution in [0.1, 0.15) is 62.8 Å². The quantitative estimate of drug-likeness (QED) is 0.686. The minimum absolute atomic E-state index is 0.298. The van der Waals surface area contributed by atoms with Gasteiger partial charge in [-0.3, -0.25) is 9.52 Å². The van der Waals surface area contributed by atoms with Crippen molar-refractivity contribution in [3.05, 3.63) is 35.9 Å². The summed E-state index contributed by atoms with van der Waals surface area (Å²) in [5.41, 5.74) is 1.51. The molecule has 3 fully saturated rings. The van der Waals surface area contributed by atoms with Gasteiger partial charge in [0.05, 0.1) is 5.25 Å². The van der Waals surface area contributed by atoms with Gasteiger partial charge in [0.1, 0.15) is 0 Å². The zero-order valence-corrected chi connectivity index (χ0v) is 17.4. The number of rotatable bonds is 9. The fourth-order valence-corrected chi connectivity index (χ4v) is 5.97. The molecule has 28 heavy (non-hydrogen) atoms. The van der Waals surface area contributed by atoms with Crippen molar-refractivity contribution in [1.29, 1.82) is 0 Å². The summed E-state index contributed by atoms with van der Waals surface area (Å²) in [4.78, 5) is 14.3. The molecule has 2 saturated carbocycles. The molecule has 1 amide bonds. The van der Waals surface area contributed by atoms with Crippen LogP contribution in [0.15, 0.2) is 30.3 Å². The number of amides is 1. The van der Waals surface area contributed by atoms with E-state index >= 15 is 0 Å². The molecule has 6 heteroatoms. The van der Waals surface area contributed by atoms with Crippen molar-refractivity contribution in [3.8, 4) is 0 Å². The van der Waals surface area contributed by atoms with E-state index < -0.39 is 10.0 Å². The molecule has 0 spiro atoms. The predicted molar refractivity (Wildman–Crippen MR) is 110 cm³/mol. The molecule has 1 aromatic rings. The Labute approximate surface area is 168 Å². The Bertz CT molecular complexity index is 768. The zero-order chi connectivity index (χ0) is 19.6. The summed E-state index contributed by atoms with van der Waals surface area (Å²) in [6, 6.07) is 10.9. The van der Waals surface area contributed by atoms with Crippen molar-refractivity contribution < 1.29 is 13.2 Å². The van der Waals surface area contributed by atoms with E-state index in [-0.39, 0.29) is 11.2 Å². The van der Waals surface area contributed by atoms with Gasteiger partial charge in [-0.2, -0.15) is 0 Å². The smallest absolute Gasteiger partial charge is 0.237 e. The lowest BCUT2D eigenvalue weighted by atomic mass is 9.90. The Morgan fingerprint density at radius 2 is 1.79 bits per heavy atom.